The SMILES string of the molecule is CC1(C)CC1NC(=O)c1ccoc1Cl. The molecule has 1 unspecified atom stereocenters. The number of nitrogens with one attached hydrogen (secondary N) is 1. The summed E-state index contributed by atoms with van der Waals surface area (Å²) in [6, 6.07) is 1.84. The lowest BCUT2D eigenvalue weighted by Crippen LogP contribution is -2.28. The van der Waals surface area contributed by atoms with E-state index < -0.39 is 0 Å². The fraction of sp³-hybridized carbons (Fsp3) is 0.500. The molecule has 0 aromatic carbocycles. The Bertz CT molecular complexity index is 370. The summed E-state index contributed by atoms with van der Waals surface area (Å²) in [6.45, 7) is 4.24. The summed E-state index contributed by atoms with van der Waals surface area (Å²) in [7, 11) is 0. The van der Waals surface area contributed by atoms with Crippen LogP contribution in [0.1, 0.15) is 30.6 Å². The molecule has 1 aliphatic rings. The third kappa shape index (κ3) is 1.64. The van der Waals surface area contributed by atoms with Crippen molar-refractivity contribution in [3.8, 4) is 0 Å². The molecule has 1 aromatic heterocycles. The maximum Gasteiger partial charge on any atom is 0.256 e. The molecule has 14 heavy (non-hydrogen) atoms. The van der Waals surface area contributed by atoms with Crippen molar-refractivity contribution in [2.45, 2.75) is 26.3 Å². The van der Waals surface area contributed by atoms with Crippen LogP contribution in [0, 0.1) is 5.41 Å². The zero-order chi connectivity index (χ0) is 10.3. The highest BCUT2D eigenvalue weighted by atomic mass is 35.5. The minimum atomic E-state index is -0.153. The Hall–Kier alpha value is -0.960. The number of carbonyl (C=O) groups is 1. The topological polar surface area (TPSA) is 42.2 Å². The average molecular weight is 214 g/mol. The van der Waals surface area contributed by atoms with Gasteiger partial charge in [-0.2, -0.15) is 0 Å². The second kappa shape index (κ2) is 3.02. The Kier molecular flexibility index (Phi) is 2.07. The molecule has 3 nitrogen and oxygen atoms in total. The lowest BCUT2D eigenvalue weighted by molar-refractivity contribution is 0.0946. The Morgan fingerprint density at radius 1 is 1.71 bits per heavy atom. The number of hydrogen-bond acceptors (Lipinski definition) is 2. The predicted octanol–water partition coefficient (Wildman–Crippen LogP) is 2.46. The van der Waals surface area contributed by atoms with Crippen LogP contribution in [0.3, 0.4) is 0 Å². The van der Waals surface area contributed by atoms with E-state index >= 15 is 0 Å². The highest BCUT2D eigenvalue weighted by molar-refractivity contribution is 6.32. The van der Waals surface area contributed by atoms with Gasteiger partial charge in [0.1, 0.15) is 0 Å². The fourth-order valence-electron chi connectivity index (χ4n) is 1.41. The summed E-state index contributed by atoms with van der Waals surface area (Å²) >= 11 is 5.68. The van der Waals surface area contributed by atoms with Crippen molar-refractivity contribution in [2.24, 2.45) is 5.41 Å². The van der Waals surface area contributed by atoms with E-state index in [2.05, 4.69) is 19.2 Å². The van der Waals surface area contributed by atoms with Crippen molar-refractivity contribution >= 4 is 17.5 Å². The molecule has 76 valence electrons. The molecule has 4 heteroatoms. The summed E-state index contributed by atoms with van der Waals surface area (Å²) in [4.78, 5) is 11.6. The number of hydrogen-bond donors (Lipinski definition) is 1. The molecule has 1 fully saturated rings. The number of carbonyl (C=O) groups excluding carboxylic acids is 1. The molecule has 1 saturated carbocycles. The molecule has 1 heterocycles. The Labute approximate surface area is 87.4 Å². The van der Waals surface area contributed by atoms with E-state index in [0.717, 1.165) is 6.42 Å². The van der Waals surface area contributed by atoms with Gasteiger partial charge in [-0.25, -0.2) is 0 Å². The van der Waals surface area contributed by atoms with E-state index in [1.807, 2.05) is 0 Å². The third-order valence-electron chi connectivity index (χ3n) is 2.68. The van der Waals surface area contributed by atoms with E-state index in [1.165, 1.54) is 6.26 Å². The van der Waals surface area contributed by atoms with Crippen LogP contribution in [0.5, 0.6) is 0 Å². The summed E-state index contributed by atoms with van der Waals surface area (Å²) in [5.74, 6) is -0.153. The molecule has 0 spiro atoms. The first-order chi connectivity index (χ1) is 6.50. The molecule has 2 rings (SSSR count). The standard InChI is InChI=1S/C10H12ClNO2/c1-10(2)5-7(10)12-9(13)6-3-4-14-8(6)11/h3-4,7H,5H2,1-2H3,(H,12,13). The van der Waals surface area contributed by atoms with E-state index in [1.54, 1.807) is 6.07 Å². The average Bonchev–Trinajstić information content (AvgIpc) is 2.53. The van der Waals surface area contributed by atoms with Gasteiger partial charge >= 0.3 is 0 Å². The molecule has 1 N–H and O–H groups in total. The quantitative estimate of drug-likeness (QED) is 0.820. The van der Waals surface area contributed by atoms with Crippen molar-refractivity contribution < 1.29 is 9.21 Å². The predicted molar refractivity (Wildman–Crippen MR) is 53.4 cm³/mol. The van der Waals surface area contributed by atoms with Gasteiger partial charge in [0.05, 0.1) is 11.8 Å². The summed E-state index contributed by atoms with van der Waals surface area (Å²) < 4.78 is 4.84. The van der Waals surface area contributed by atoms with Gasteiger partial charge in [-0.1, -0.05) is 13.8 Å². The summed E-state index contributed by atoms with van der Waals surface area (Å²) in [5.41, 5.74) is 0.639. The Balaban J connectivity index is 2.01. The first-order valence-corrected chi connectivity index (χ1v) is 4.92. The van der Waals surface area contributed by atoms with Gasteiger partial charge in [-0.15, -0.1) is 0 Å². The van der Waals surface area contributed by atoms with Crippen molar-refractivity contribution in [1.29, 1.82) is 0 Å². The van der Waals surface area contributed by atoms with Gasteiger partial charge in [-0.3, -0.25) is 4.79 Å². The van der Waals surface area contributed by atoms with Crippen molar-refractivity contribution in [3.63, 3.8) is 0 Å². The molecule has 0 aliphatic heterocycles. The van der Waals surface area contributed by atoms with E-state index in [-0.39, 0.29) is 22.6 Å². The normalized spacial score (nSPS) is 23.2. The second-order valence-corrected chi connectivity index (χ2v) is 4.67. The lowest BCUT2D eigenvalue weighted by Gasteiger charge is -2.05. The third-order valence-corrected chi connectivity index (χ3v) is 2.97. The van der Waals surface area contributed by atoms with Crippen LogP contribution in [-0.4, -0.2) is 11.9 Å². The van der Waals surface area contributed by atoms with Crippen LogP contribution in [0.2, 0.25) is 5.22 Å². The largest absolute Gasteiger partial charge is 0.452 e. The molecule has 1 aliphatic carbocycles. The van der Waals surface area contributed by atoms with Crippen LogP contribution in [0.15, 0.2) is 16.7 Å². The molecule has 1 atom stereocenters. The molecule has 0 bridgehead atoms. The van der Waals surface area contributed by atoms with Crippen molar-refractivity contribution in [2.75, 3.05) is 0 Å². The highest BCUT2D eigenvalue weighted by Crippen LogP contribution is 2.44. The Morgan fingerprint density at radius 2 is 2.36 bits per heavy atom. The molecule has 0 saturated heterocycles. The van der Waals surface area contributed by atoms with Gasteiger partial charge in [-0.05, 0) is 29.5 Å². The summed E-state index contributed by atoms with van der Waals surface area (Å²) in [5, 5.41) is 3.06. The van der Waals surface area contributed by atoms with Crippen LogP contribution < -0.4 is 5.32 Å². The second-order valence-electron chi connectivity index (χ2n) is 4.33. The maximum absolute atomic E-state index is 11.6. The smallest absolute Gasteiger partial charge is 0.256 e. The monoisotopic (exact) mass is 213 g/mol. The molecule has 1 aromatic rings. The van der Waals surface area contributed by atoms with E-state index in [9.17, 15) is 4.79 Å². The van der Waals surface area contributed by atoms with Crippen LogP contribution in [0.25, 0.3) is 0 Å². The number of furan rings is 1. The molecule has 1 amide bonds. The molecular weight excluding hydrogens is 202 g/mol. The lowest BCUT2D eigenvalue weighted by atomic mass is 10.2. The van der Waals surface area contributed by atoms with E-state index in [4.69, 9.17) is 16.0 Å². The number of rotatable bonds is 2. The van der Waals surface area contributed by atoms with Gasteiger partial charge in [0.2, 0.25) is 5.22 Å². The number of amides is 1. The number of halogens is 1. The van der Waals surface area contributed by atoms with Crippen molar-refractivity contribution in [1.82, 2.24) is 5.32 Å². The zero-order valence-corrected chi connectivity index (χ0v) is 8.89. The summed E-state index contributed by atoms with van der Waals surface area (Å²) in [6.07, 6.45) is 2.43. The van der Waals surface area contributed by atoms with E-state index in [0.29, 0.717) is 5.56 Å². The first kappa shape index (κ1) is 9.59. The highest BCUT2D eigenvalue weighted by Gasteiger charge is 2.46. The van der Waals surface area contributed by atoms with Gasteiger partial charge in [0, 0.05) is 6.04 Å². The maximum atomic E-state index is 11.6. The van der Waals surface area contributed by atoms with Crippen molar-refractivity contribution in [3.05, 3.63) is 23.1 Å². The minimum absolute atomic E-state index is 0.153. The van der Waals surface area contributed by atoms with Crippen LogP contribution in [0.4, 0.5) is 0 Å². The van der Waals surface area contributed by atoms with Crippen LogP contribution >= 0.6 is 11.6 Å². The van der Waals surface area contributed by atoms with Gasteiger partial charge in [0.25, 0.3) is 5.91 Å². The first-order valence-electron chi connectivity index (χ1n) is 4.54. The zero-order valence-electron chi connectivity index (χ0n) is 8.13. The molecule has 0 radical (unpaired) electrons. The van der Waals surface area contributed by atoms with Crippen LogP contribution in [-0.2, 0) is 0 Å². The minimum Gasteiger partial charge on any atom is -0.452 e. The van der Waals surface area contributed by atoms with Gasteiger partial charge in [0.15, 0.2) is 0 Å². The fourth-order valence-corrected chi connectivity index (χ4v) is 1.61. The van der Waals surface area contributed by atoms with Gasteiger partial charge < -0.3 is 9.73 Å². The Morgan fingerprint density at radius 3 is 2.79 bits per heavy atom. The molecular formula is C10H12ClNO2.